The molecule has 0 aliphatic rings. The number of carboxylic acids is 1. The molecular formula is C14H19NO4. The highest BCUT2D eigenvalue weighted by Crippen LogP contribution is 2.23. The average Bonchev–Trinajstić information content (AvgIpc) is 2.38. The Bertz CT molecular complexity index is 442. The van der Waals surface area contributed by atoms with Gasteiger partial charge in [-0.3, -0.25) is 4.79 Å². The van der Waals surface area contributed by atoms with E-state index in [-0.39, 0.29) is 12.5 Å². The second-order valence-corrected chi connectivity index (χ2v) is 4.81. The standard InChI is InChI=1S/C14H19NO4/c1-14(2,10-7-5-4-6-8-10)13(18)15-11(9-19-3)12(16)17/h4-8,11H,9H2,1-3H3,(H,15,18)(H,16,17). The molecular weight excluding hydrogens is 246 g/mol. The van der Waals surface area contributed by atoms with Gasteiger partial charge in [-0.15, -0.1) is 0 Å². The van der Waals surface area contributed by atoms with Crippen molar-refractivity contribution in [1.29, 1.82) is 0 Å². The number of nitrogens with one attached hydrogen (secondary N) is 1. The fourth-order valence-electron chi connectivity index (χ4n) is 1.67. The Kier molecular flexibility index (Phi) is 5.06. The van der Waals surface area contributed by atoms with Gasteiger partial charge in [0.1, 0.15) is 0 Å². The lowest BCUT2D eigenvalue weighted by Crippen LogP contribution is -2.50. The van der Waals surface area contributed by atoms with Gasteiger partial charge in [0, 0.05) is 7.11 Å². The molecule has 1 aromatic rings. The fourth-order valence-corrected chi connectivity index (χ4v) is 1.67. The fraction of sp³-hybridized carbons (Fsp3) is 0.429. The first-order valence-electron chi connectivity index (χ1n) is 5.98. The predicted octanol–water partition coefficient (Wildman–Crippen LogP) is 1.18. The summed E-state index contributed by atoms with van der Waals surface area (Å²) in [5.41, 5.74) is 0.0250. The minimum Gasteiger partial charge on any atom is -0.480 e. The van der Waals surface area contributed by atoms with Gasteiger partial charge in [-0.2, -0.15) is 0 Å². The topological polar surface area (TPSA) is 75.6 Å². The van der Waals surface area contributed by atoms with Gasteiger partial charge in [-0.1, -0.05) is 30.3 Å². The monoisotopic (exact) mass is 265 g/mol. The van der Waals surface area contributed by atoms with Crippen LogP contribution >= 0.6 is 0 Å². The number of methoxy groups -OCH3 is 1. The second kappa shape index (κ2) is 6.33. The van der Waals surface area contributed by atoms with E-state index in [2.05, 4.69) is 5.32 Å². The van der Waals surface area contributed by atoms with Crippen molar-refractivity contribution in [3.05, 3.63) is 35.9 Å². The summed E-state index contributed by atoms with van der Waals surface area (Å²) >= 11 is 0. The maximum absolute atomic E-state index is 12.2. The van der Waals surface area contributed by atoms with Crippen molar-refractivity contribution in [2.45, 2.75) is 25.3 Å². The van der Waals surface area contributed by atoms with Gasteiger partial charge in [0.05, 0.1) is 12.0 Å². The number of aliphatic carboxylic acids is 1. The van der Waals surface area contributed by atoms with Crippen LogP contribution < -0.4 is 5.32 Å². The Balaban J connectivity index is 2.84. The number of carbonyl (C=O) groups excluding carboxylic acids is 1. The van der Waals surface area contributed by atoms with Gasteiger partial charge in [-0.05, 0) is 19.4 Å². The van der Waals surface area contributed by atoms with Crippen molar-refractivity contribution in [2.24, 2.45) is 0 Å². The summed E-state index contributed by atoms with van der Waals surface area (Å²) in [4.78, 5) is 23.2. The lowest BCUT2D eigenvalue weighted by molar-refractivity contribution is -0.144. The third kappa shape index (κ3) is 3.79. The smallest absolute Gasteiger partial charge is 0.328 e. The number of hydrogen-bond acceptors (Lipinski definition) is 3. The van der Waals surface area contributed by atoms with Crippen molar-refractivity contribution >= 4 is 11.9 Å². The molecule has 2 N–H and O–H groups in total. The van der Waals surface area contributed by atoms with Crippen molar-refractivity contribution in [1.82, 2.24) is 5.32 Å². The molecule has 1 unspecified atom stereocenters. The molecule has 0 aliphatic heterocycles. The maximum Gasteiger partial charge on any atom is 0.328 e. The Labute approximate surface area is 112 Å². The molecule has 0 bridgehead atoms. The largest absolute Gasteiger partial charge is 0.480 e. The molecule has 104 valence electrons. The highest BCUT2D eigenvalue weighted by Gasteiger charge is 2.32. The Morgan fingerprint density at radius 2 is 1.89 bits per heavy atom. The molecule has 0 aromatic heterocycles. The zero-order chi connectivity index (χ0) is 14.5. The zero-order valence-corrected chi connectivity index (χ0v) is 11.3. The summed E-state index contributed by atoms with van der Waals surface area (Å²) in [5.74, 6) is -1.46. The molecule has 0 aliphatic carbocycles. The third-order valence-electron chi connectivity index (χ3n) is 3.00. The van der Waals surface area contributed by atoms with Crippen LogP contribution in [0.3, 0.4) is 0 Å². The van der Waals surface area contributed by atoms with Crippen LogP contribution in [0.2, 0.25) is 0 Å². The molecule has 1 rings (SSSR count). The first kappa shape index (κ1) is 15.2. The molecule has 1 atom stereocenters. The summed E-state index contributed by atoms with van der Waals surface area (Å²) in [5, 5.41) is 11.5. The van der Waals surface area contributed by atoms with E-state index in [0.29, 0.717) is 0 Å². The molecule has 1 amide bonds. The SMILES string of the molecule is COCC(NC(=O)C(C)(C)c1ccccc1)C(=O)O. The number of carboxylic acid groups (broad SMARTS) is 1. The molecule has 0 radical (unpaired) electrons. The van der Waals surface area contributed by atoms with Crippen LogP contribution in [0, 0.1) is 0 Å². The normalized spacial score (nSPS) is 12.8. The second-order valence-electron chi connectivity index (χ2n) is 4.81. The molecule has 5 nitrogen and oxygen atoms in total. The highest BCUT2D eigenvalue weighted by atomic mass is 16.5. The Hall–Kier alpha value is -1.88. The van der Waals surface area contributed by atoms with Crippen LogP contribution in [-0.2, 0) is 19.7 Å². The van der Waals surface area contributed by atoms with E-state index in [1.807, 2.05) is 30.3 Å². The van der Waals surface area contributed by atoms with Crippen LogP contribution in [0.5, 0.6) is 0 Å². The summed E-state index contributed by atoms with van der Waals surface area (Å²) < 4.78 is 4.79. The lowest BCUT2D eigenvalue weighted by atomic mass is 9.83. The molecule has 0 fully saturated rings. The number of hydrogen-bond donors (Lipinski definition) is 2. The van der Waals surface area contributed by atoms with Gasteiger partial charge in [0.15, 0.2) is 6.04 Å². The molecule has 1 aromatic carbocycles. The number of amides is 1. The van der Waals surface area contributed by atoms with Crippen molar-refractivity contribution in [3.63, 3.8) is 0 Å². The van der Waals surface area contributed by atoms with Crippen LogP contribution in [0.15, 0.2) is 30.3 Å². The van der Waals surface area contributed by atoms with Gasteiger partial charge < -0.3 is 15.2 Å². The van der Waals surface area contributed by atoms with Gasteiger partial charge in [-0.25, -0.2) is 4.79 Å². The number of rotatable bonds is 6. The average molecular weight is 265 g/mol. The highest BCUT2D eigenvalue weighted by molar-refractivity contribution is 5.90. The number of carbonyl (C=O) groups is 2. The van der Waals surface area contributed by atoms with Crippen LogP contribution in [0.4, 0.5) is 0 Å². The van der Waals surface area contributed by atoms with Crippen molar-refractivity contribution < 1.29 is 19.4 Å². The van der Waals surface area contributed by atoms with E-state index in [1.54, 1.807) is 13.8 Å². The molecule has 0 heterocycles. The van der Waals surface area contributed by atoms with E-state index in [0.717, 1.165) is 5.56 Å². The molecule has 19 heavy (non-hydrogen) atoms. The van der Waals surface area contributed by atoms with E-state index < -0.39 is 17.4 Å². The molecule has 0 saturated heterocycles. The predicted molar refractivity (Wildman–Crippen MR) is 70.9 cm³/mol. The zero-order valence-electron chi connectivity index (χ0n) is 11.3. The van der Waals surface area contributed by atoms with Gasteiger partial charge in [0.25, 0.3) is 0 Å². The Morgan fingerprint density at radius 3 is 2.37 bits per heavy atom. The van der Waals surface area contributed by atoms with Crippen molar-refractivity contribution in [3.8, 4) is 0 Å². The molecule has 0 spiro atoms. The van der Waals surface area contributed by atoms with Crippen molar-refractivity contribution in [2.75, 3.05) is 13.7 Å². The number of benzene rings is 1. The maximum atomic E-state index is 12.2. The van der Waals surface area contributed by atoms with E-state index >= 15 is 0 Å². The summed E-state index contributed by atoms with van der Waals surface area (Å²) in [6.45, 7) is 3.44. The van der Waals surface area contributed by atoms with Crippen LogP contribution in [0.25, 0.3) is 0 Å². The first-order valence-corrected chi connectivity index (χ1v) is 5.98. The summed E-state index contributed by atoms with van der Waals surface area (Å²) in [6, 6.07) is 8.18. The van der Waals surface area contributed by atoms with Crippen LogP contribution in [-0.4, -0.2) is 36.7 Å². The van der Waals surface area contributed by atoms with E-state index in [9.17, 15) is 9.59 Å². The lowest BCUT2D eigenvalue weighted by Gasteiger charge is -2.26. The minimum atomic E-state index is -1.11. The van der Waals surface area contributed by atoms with E-state index in [4.69, 9.17) is 9.84 Å². The van der Waals surface area contributed by atoms with Gasteiger partial charge in [0.2, 0.25) is 5.91 Å². The first-order chi connectivity index (χ1) is 8.89. The Morgan fingerprint density at radius 1 is 1.32 bits per heavy atom. The van der Waals surface area contributed by atoms with E-state index in [1.165, 1.54) is 7.11 Å². The minimum absolute atomic E-state index is 0.0635. The molecule has 0 saturated carbocycles. The third-order valence-corrected chi connectivity index (χ3v) is 3.00. The van der Waals surface area contributed by atoms with Crippen LogP contribution in [0.1, 0.15) is 19.4 Å². The quantitative estimate of drug-likeness (QED) is 0.810. The number of ether oxygens (including phenoxy) is 1. The molecule has 5 heteroatoms. The summed E-state index contributed by atoms with van der Waals surface area (Å²) in [6.07, 6.45) is 0. The van der Waals surface area contributed by atoms with Gasteiger partial charge >= 0.3 is 5.97 Å². The summed E-state index contributed by atoms with van der Waals surface area (Å²) in [7, 11) is 1.39.